The van der Waals surface area contributed by atoms with Crippen molar-refractivity contribution >= 4 is 0 Å². The molecule has 0 saturated carbocycles. The van der Waals surface area contributed by atoms with Crippen molar-refractivity contribution in [3.63, 3.8) is 0 Å². The zero-order valence-corrected chi connectivity index (χ0v) is 36.0. The molecule has 306 valence electrons. The van der Waals surface area contributed by atoms with E-state index in [-0.39, 0.29) is 0 Å². The summed E-state index contributed by atoms with van der Waals surface area (Å²) in [5.41, 5.74) is 16.2. The maximum absolute atomic E-state index is 5.09. The minimum Gasteiger partial charge on any atom is -0.258 e. The fourth-order valence-corrected chi connectivity index (χ4v) is 7.97. The first-order valence-corrected chi connectivity index (χ1v) is 21.4. The van der Waals surface area contributed by atoms with Crippen molar-refractivity contribution in [3.8, 4) is 102 Å². The van der Waals surface area contributed by atoms with E-state index in [1.807, 2.05) is 74.5 Å². The highest BCUT2D eigenvalue weighted by molar-refractivity contribution is 5.89. The predicted octanol–water partition coefficient (Wildman–Crippen LogP) is 13.7. The van der Waals surface area contributed by atoms with Crippen LogP contribution in [0, 0.1) is 27.7 Å². The number of hydrogen-bond donors (Lipinski definition) is 0. The second kappa shape index (κ2) is 17.2. The first-order chi connectivity index (χ1) is 31.3. The van der Waals surface area contributed by atoms with Gasteiger partial charge in [0.1, 0.15) is 0 Å². The first-order valence-electron chi connectivity index (χ1n) is 21.4. The van der Waals surface area contributed by atoms with Gasteiger partial charge in [-0.1, -0.05) is 169 Å². The third-order valence-electron chi connectivity index (χ3n) is 11.3. The van der Waals surface area contributed by atoms with Crippen LogP contribution in [0.3, 0.4) is 0 Å². The molecule has 3 aromatic heterocycles. The highest BCUT2D eigenvalue weighted by Gasteiger charge is 2.17. The molecule has 10 aromatic rings. The summed E-state index contributed by atoms with van der Waals surface area (Å²) in [4.78, 5) is 34.8. The zero-order chi connectivity index (χ0) is 43.6. The van der Waals surface area contributed by atoms with Crippen molar-refractivity contribution in [2.75, 3.05) is 0 Å². The van der Waals surface area contributed by atoms with Crippen LogP contribution in [0.2, 0.25) is 0 Å². The summed E-state index contributed by atoms with van der Waals surface area (Å²) in [6.07, 6.45) is 0. The van der Waals surface area contributed by atoms with Crippen molar-refractivity contribution in [2.24, 2.45) is 0 Å². The van der Waals surface area contributed by atoms with Gasteiger partial charge < -0.3 is 0 Å². The standard InChI is InChI=1S/C57H43N7/c1-36-21-25-42(26-22-36)54-60-55(43-27-23-37(2)24-28-43)64-57(63-54)48-20-12-18-46(34-48)51-35-45(29-30-50(51)49-31-38(3)58-39(4)32-49)44-17-11-19-47(33-44)56-61-52(40-13-7-5-8-14-40)59-53(62-56)41-15-9-6-10-16-41/h5-35H,1-4H3. The van der Waals surface area contributed by atoms with Crippen LogP contribution >= 0.6 is 0 Å². The average Bonchev–Trinajstić information content (AvgIpc) is 3.34. The van der Waals surface area contributed by atoms with Gasteiger partial charge in [0.25, 0.3) is 0 Å². The molecular weight excluding hydrogens is 783 g/mol. The van der Waals surface area contributed by atoms with Gasteiger partial charge >= 0.3 is 0 Å². The molecule has 64 heavy (non-hydrogen) atoms. The van der Waals surface area contributed by atoms with E-state index in [1.54, 1.807) is 0 Å². The Morgan fingerprint density at radius 3 is 1.03 bits per heavy atom. The van der Waals surface area contributed by atoms with E-state index in [2.05, 4.69) is 141 Å². The molecule has 0 unspecified atom stereocenters. The van der Waals surface area contributed by atoms with E-state index < -0.39 is 0 Å². The van der Waals surface area contributed by atoms with Crippen LogP contribution in [-0.4, -0.2) is 34.9 Å². The van der Waals surface area contributed by atoms with Crippen molar-refractivity contribution < 1.29 is 0 Å². The maximum atomic E-state index is 5.09. The Balaban J connectivity index is 1.10. The Kier molecular flexibility index (Phi) is 10.7. The van der Waals surface area contributed by atoms with Crippen molar-refractivity contribution in [1.29, 1.82) is 0 Å². The van der Waals surface area contributed by atoms with E-state index in [9.17, 15) is 0 Å². The zero-order valence-electron chi connectivity index (χ0n) is 36.0. The molecule has 3 heterocycles. The summed E-state index contributed by atoms with van der Waals surface area (Å²) in [7, 11) is 0. The molecule has 0 bridgehead atoms. The van der Waals surface area contributed by atoms with Crippen LogP contribution < -0.4 is 0 Å². The van der Waals surface area contributed by atoms with Crippen LogP contribution in [0.4, 0.5) is 0 Å². The van der Waals surface area contributed by atoms with Gasteiger partial charge in [-0.05, 0) is 91.4 Å². The van der Waals surface area contributed by atoms with E-state index in [0.29, 0.717) is 34.9 Å². The van der Waals surface area contributed by atoms with Gasteiger partial charge in [0.2, 0.25) is 0 Å². The summed E-state index contributed by atoms with van der Waals surface area (Å²) in [6, 6.07) is 64.7. The molecule has 0 spiro atoms. The summed E-state index contributed by atoms with van der Waals surface area (Å²) in [6.45, 7) is 8.25. The number of pyridine rings is 1. The molecule has 10 rings (SSSR count). The fourth-order valence-electron chi connectivity index (χ4n) is 7.97. The van der Waals surface area contributed by atoms with E-state index in [1.165, 1.54) is 11.1 Å². The second-order valence-electron chi connectivity index (χ2n) is 16.1. The van der Waals surface area contributed by atoms with Gasteiger partial charge in [0.15, 0.2) is 34.9 Å². The number of aromatic nitrogens is 7. The first kappa shape index (κ1) is 39.8. The molecule has 0 aliphatic rings. The van der Waals surface area contributed by atoms with Crippen LogP contribution in [-0.2, 0) is 0 Å². The Morgan fingerprint density at radius 1 is 0.219 bits per heavy atom. The molecule has 7 heteroatoms. The molecule has 0 radical (unpaired) electrons. The number of hydrogen-bond acceptors (Lipinski definition) is 7. The Bertz CT molecular complexity index is 3150. The van der Waals surface area contributed by atoms with E-state index in [0.717, 1.165) is 78.1 Å². The topological polar surface area (TPSA) is 90.2 Å². The Morgan fingerprint density at radius 2 is 0.562 bits per heavy atom. The third kappa shape index (κ3) is 8.47. The quantitative estimate of drug-likeness (QED) is 0.143. The lowest BCUT2D eigenvalue weighted by atomic mass is 9.90. The maximum Gasteiger partial charge on any atom is 0.164 e. The molecule has 7 nitrogen and oxygen atoms in total. The normalized spacial score (nSPS) is 11.1. The van der Waals surface area contributed by atoms with Crippen LogP contribution in [0.1, 0.15) is 22.5 Å². The summed E-state index contributed by atoms with van der Waals surface area (Å²) in [5, 5.41) is 0. The van der Waals surface area contributed by atoms with Gasteiger partial charge in [-0.15, -0.1) is 0 Å². The SMILES string of the molecule is Cc1ccc(-c2nc(-c3ccc(C)cc3)nc(-c3cccc(-c4cc(-c5cccc(-c6nc(-c7ccccc7)nc(-c7ccccc7)n6)c5)ccc4-c4cc(C)nc(C)c4)c3)n2)cc1. The number of rotatable bonds is 9. The molecule has 0 aliphatic carbocycles. The van der Waals surface area contributed by atoms with Gasteiger partial charge in [-0.2, -0.15) is 0 Å². The lowest BCUT2D eigenvalue weighted by Gasteiger charge is -2.16. The summed E-state index contributed by atoms with van der Waals surface area (Å²) >= 11 is 0. The minimum atomic E-state index is 0.603. The molecule has 0 atom stereocenters. The van der Waals surface area contributed by atoms with E-state index in [4.69, 9.17) is 34.9 Å². The van der Waals surface area contributed by atoms with Crippen LogP contribution in [0.5, 0.6) is 0 Å². The highest BCUT2D eigenvalue weighted by Crippen LogP contribution is 2.39. The van der Waals surface area contributed by atoms with Gasteiger partial charge in [0.05, 0.1) is 0 Å². The number of aryl methyl sites for hydroxylation is 4. The van der Waals surface area contributed by atoms with Crippen molar-refractivity contribution in [2.45, 2.75) is 27.7 Å². The summed E-state index contributed by atoms with van der Waals surface area (Å²) in [5.74, 6) is 3.71. The van der Waals surface area contributed by atoms with Gasteiger partial charge in [-0.3, -0.25) is 4.98 Å². The fraction of sp³-hybridized carbons (Fsp3) is 0.0702. The smallest absolute Gasteiger partial charge is 0.164 e. The minimum absolute atomic E-state index is 0.603. The molecular formula is C57H43N7. The number of nitrogens with zero attached hydrogens (tertiary/aromatic N) is 7. The van der Waals surface area contributed by atoms with Crippen LogP contribution in [0.15, 0.2) is 188 Å². The predicted molar refractivity (Wildman–Crippen MR) is 259 cm³/mol. The Hall–Kier alpha value is -8.29. The number of benzene rings is 7. The second-order valence-corrected chi connectivity index (χ2v) is 16.1. The van der Waals surface area contributed by atoms with Crippen molar-refractivity contribution in [3.05, 3.63) is 211 Å². The largest absolute Gasteiger partial charge is 0.258 e. The molecule has 0 fully saturated rings. The monoisotopic (exact) mass is 825 g/mol. The van der Waals surface area contributed by atoms with Crippen molar-refractivity contribution in [1.82, 2.24) is 34.9 Å². The lowest BCUT2D eigenvalue weighted by Crippen LogP contribution is -2.00. The molecule has 0 N–H and O–H groups in total. The van der Waals surface area contributed by atoms with E-state index >= 15 is 0 Å². The molecule has 0 aliphatic heterocycles. The van der Waals surface area contributed by atoms with Crippen LogP contribution in [0.25, 0.3) is 102 Å². The third-order valence-corrected chi connectivity index (χ3v) is 11.3. The average molecular weight is 826 g/mol. The highest BCUT2D eigenvalue weighted by atomic mass is 15.0. The molecule has 0 saturated heterocycles. The van der Waals surface area contributed by atoms with Gasteiger partial charge in [-0.25, -0.2) is 29.9 Å². The lowest BCUT2D eigenvalue weighted by molar-refractivity contribution is 1.07. The Labute approximate surface area is 373 Å². The molecule has 7 aromatic carbocycles. The molecule has 0 amide bonds. The van der Waals surface area contributed by atoms with Gasteiger partial charge in [0, 0.05) is 44.8 Å². The summed E-state index contributed by atoms with van der Waals surface area (Å²) < 4.78 is 0.